The molecule has 0 aliphatic heterocycles. The highest BCUT2D eigenvalue weighted by Crippen LogP contribution is 2.26. The first-order valence-electron chi connectivity index (χ1n) is 6.80. The van der Waals surface area contributed by atoms with Crippen LogP contribution in [0.1, 0.15) is 31.4 Å². The molecule has 0 radical (unpaired) electrons. The van der Waals surface area contributed by atoms with Gasteiger partial charge in [-0.2, -0.15) is 0 Å². The fourth-order valence-electron chi connectivity index (χ4n) is 2.02. The van der Waals surface area contributed by atoms with E-state index in [1.54, 1.807) is 7.05 Å². The molecule has 1 aromatic carbocycles. The average Bonchev–Trinajstić information content (AvgIpc) is 2.39. The molecule has 0 aliphatic carbocycles. The van der Waals surface area contributed by atoms with E-state index < -0.39 is 10.0 Å². The quantitative estimate of drug-likeness (QED) is 0.841. The third-order valence-electron chi connectivity index (χ3n) is 3.22. The molecule has 1 aromatic rings. The lowest BCUT2D eigenvalue weighted by Gasteiger charge is -2.19. The Morgan fingerprint density at radius 2 is 1.95 bits per heavy atom. The summed E-state index contributed by atoms with van der Waals surface area (Å²) < 4.78 is 26.5. The molecule has 6 heteroatoms. The van der Waals surface area contributed by atoms with Crippen LogP contribution in [0.3, 0.4) is 0 Å². The van der Waals surface area contributed by atoms with Gasteiger partial charge in [0.25, 0.3) is 0 Å². The summed E-state index contributed by atoms with van der Waals surface area (Å²) in [6.45, 7) is 7.72. The second kappa shape index (κ2) is 7.41. The molecule has 0 amide bonds. The monoisotopic (exact) mass is 318 g/mol. The van der Waals surface area contributed by atoms with Crippen molar-refractivity contribution in [1.29, 1.82) is 0 Å². The predicted molar refractivity (Wildman–Crippen MR) is 83.7 cm³/mol. The lowest BCUT2D eigenvalue weighted by molar-refractivity contribution is 0.468. The number of rotatable bonds is 7. The van der Waals surface area contributed by atoms with Crippen molar-refractivity contribution in [2.45, 2.75) is 38.6 Å². The topological polar surface area (TPSA) is 49.4 Å². The van der Waals surface area contributed by atoms with Gasteiger partial charge in [-0.15, -0.1) is 0 Å². The second-order valence-electron chi connectivity index (χ2n) is 4.79. The molecule has 20 heavy (non-hydrogen) atoms. The Morgan fingerprint density at radius 1 is 1.30 bits per heavy atom. The van der Waals surface area contributed by atoms with Crippen LogP contribution < -0.4 is 5.32 Å². The lowest BCUT2D eigenvalue weighted by atomic mass is 10.1. The van der Waals surface area contributed by atoms with Crippen molar-refractivity contribution in [2.24, 2.45) is 0 Å². The maximum Gasteiger partial charge on any atom is 0.243 e. The van der Waals surface area contributed by atoms with Crippen molar-refractivity contribution in [3.05, 3.63) is 28.3 Å². The van der Waals surface area contributed by atoms with E-state index in [4.69, 9.17) is 11.6 Å². The Labute approximate surface area is 127 Å². The first-order valence-corrected chi connectivity index (χ1v) is 8.62. The summed E-state index contributed by atoms with van der Waals surface area (Å²) in [7, 11) is -1.88. The van der Waals surface area contributed by atoms with E-state index in [-0.39, 0.29) is 0 Å². The van der Waals surface area contributed by atoms with Crippen LogP contribution in [0.2, 0.25) is 5.02 Å². The van der Waals surface area contributed by atoms with Gasteiger partial charge in [0, 0.05) is 25.2 Å². The van der Waals surface area contributed by atoms with Gasteiger partial charge in [-0.05, 0) is 43.1 Å². The van der Waals surface area contributed by atoms with Gasteiger partial charge in [0.1, 0.15) is 0 Å². The number of hydrogen-bond acceptors (Lipinski definition) is 3. The van der Waals surface area contributed by atoms with Gasteiger partial charge in [-0.1, -0.05) is 25.4 Å². The van der Waals surface area contributed by atoms with E-state index in [0.717, 1.165) is 24.1 Å². The van der Waals surface area contributed by atoms with Crippen LogP contribution in [-0.4, -0.2) is 32.9 Å². The molecule has 0 heterocycles. The third-order valence-corrected chi connectivity index (χ3v) is 5.43. The maximum absolute atomic E-state index is 12.6. The van der Waals surface area contributed by atoms with Crippen molar-refractivity contribution in [2.75, 3.05) is 20.1 Å². The minimum Gasteiger partial charge on any atom is -0.313 e. The van der Waals surface area contributed by atoms with Gasteiger partial charge >= 0.3 is 0 Å². The molecule has 1 N–H and O–H groups in total. The Kier molecular flexibility index (Phi) is 6.45. The second-order valence-corrected chi connectivity index (χ2v) is 7.24. The first-order chi connectivity index (χ1) is 9.34. The van der Waals surface area contributed by atoms with Crippen molar-refractivity contribution in [3.8, 4) is 0 Å². The number of halogens is 1. The van der Waals surface area contributed by atoms with Gasteiger partial charge in [-0.25, -0.2) is 12.7 Å². The summed E-state index contributed by atoms with van der Waals surface area (Å²) in [5, 5.41) is 3.65. The molecule has 0 saturated carbocycles. The van der Waals surface area contributed by atoms with Crippen molar-refractivity contribution in [1.82, 2.24) is 9.62 Å². The van der Waals surface area contributed by atoms with Crippen LogP contribution in [0.5, 0.6) is 0 Å². The van der Waals surface area contributed by atoms with Crippen molar-refractivity contribution >= 4 is 21.6 Å². The minimum absolute atomic E-state index is 0.300. The number of sulfonamides is 1. The van der Waals surface area contributed by atoms with Gasteiger partial charge in [0.2, 0.25) is 10.0 Å². The zero-order valence-corrected chi connectivity index (χ0v) is 14.1. The third kappa shape index (κ3) is 3.95. The number of hydrogen-bond donors (Lipinski definition) is 1. The van der Waals surface area contributed by atoms with Crippen LogP contribution in [0, 0.1) is 6.92 Å². The van der Waals surface area contributed by atoms with Crippen LogP contribution in [0.15, 0.2) is 17.0 Å². The van der Waals surface area contributed by atoms with E-state index in [1.807, 2.05) is 26.8 Å². The summed E-state index contributed by atoms with van der Waals surface area (Å²) in [6.07, 6.45) is 0.777. The molecule has 0 bridgehead atoms. The molecular weight excluding hydrogens is 296 g/mol. The zero-order valence-electron chi connectivity index (χ0n) is 12.5. The molecule has 0 saturated heterocycles. The molecule has 0 unspecified atom stereocenters. The molecule has 0 atom stereocenters. The maximum atomic E-state index is 12.6. The minimum atomic E-state index is -3.48. The Hall–Kier alpha value is -0.620. The van der Waals surface area contributed by atoms with E-state index in [0.29, 0.717) is 23.0 Å². The fourth-order valence-corrected chi connectivity index (χ4v) is 3.88. The highest BCUT2D eigenvalue weighted by atomic mass is 35.5. The van der Waals surface area contributed by atoms with Gasteiger partial charge < -0.3 is 5.32 Å². The molecule has 4 nitrogen and oxygen atoms in total. The largest absolute Gasteiger partial charge is 0.313 e. The van der Waals surface area contributed by atoms with Crippen molar-refractivity contribution < 1.29 is 8.42 Å². The highest BCUT2D eigenvalue weighted by Gasteiger charge is 2.23. The number of benzene rings is 1. The molecular formula is C14H23ClN2O2S. The van der Waals surface area contributed by atoms with Gasteiger partial charge in [-0.3, -0.25) is 0 Å². The zero-order chi connectivity index (χ0) is 15.3. The highest BCUT2D eigenvalue weighted by molar-refractivity contribution is 7.89. The fraction of sp³-hybridized carbons (Fsp3) is 0.571. The molecule has 0 aliphatic rings. The van der Waals surface area contributed by atoms with Gasteiger partial charge in [0.05, 0.1) is 4.90 Å². The smallest absolute Gasteiger partial charge is 0.243 e. The number of nitrogens with one attached hydrogen (secondary N) is 1. The van der Waals surface area contributed by atoms with E-state index >= 15 is 0 Å². The lowest BCUT2D eigenvalue weighted by Crippen LogP contribution is -2.28. The predicted octanol–water partition coefficient (Wildman–Crippen LogP) is 2.79. The standard InChI is InChI=1S/C14H23ClN2O2S/c1-5-7-17(4)20(18,19)14-9-13(15)8-12(11(14)3)10-16-6-2/h8-9,16H,5-7,10H2,1-4H3. The molecule has 0 aromatic heterocycles. The Morgan fingerprint density at radius 3 is 2.50 bits per heavy atom. The van der Waals surface area contributed by atoms with E-state index in [2.05, 4.69) is 5.32 Å². The molecule has 1 rings (SSSR count). The summed E-state index contributed by atoms with van der Waals surface area (Å²) in [4.78, 5) is 0.300. The van der Waals surface area contributed by atoms with Crippen molar-refractivity contribution in [3.63, 3.8) is 0 Å². The van der Waals surface area contributed by atoms with Crippen LogP contribution >= 0.6 is 11.6 Å². The normalized spacial score (nSPS) is 12.1. The summed E-state index contributed by atoms with van der Waals surface area (Å²) in [6, 6.07) is 3.35. The van der Waals surface area contributed by atoms with Crippen LogP contribution in [-0.2, 0) is 16.6 Å². The number of nitrogens with zero attached hydrogens (tertiary/aromatic N) is 1. The average molecular weight is 319 g/mol. The summed E-state index contributed by atoms with van der Waals surface area (Å²) >= 11 is 6.08. The molecule has 0 spiro atoms. The van der Waals surface area contributed by atoms with Crippen LogP contribution in [0.4, 0.5) is 0 Å². The van der Waals surface area contributed by atoms with E-state index in [1.165, 1.54) is 10.4 Å². The van der Waals surface area contributed by atoms with Gasteiger partial charge in [0.15, 0.2) is 0 Å². The Bertz CT molecular complexity index is 559. The Balaban J connectivity index is 3.27. The summed E-state index contributed by atoms with van der Waals surface area (Å²) in [5.74, 6) is 0. The summed E-state index contributed by atoms with van der Waals surface area (Å²) in [5.41, 5.74) is 1.68. The molecule has 0 fully saturated rings. The van der Waals surface area contributed by atoms with Crippen LogP contribution in [0.25, 0.3) is 0 Å². The molecule has 114 valence electrons. The SMILES string of the molecule is CCCN(C)S(=O)(=O)c1cc(Cl)cc(CNCC)c1C. The van der Waals surface area contributed by atoms with E-state index in [9.17, 15) is 8.42 Å². The first kappa shape index (κ1) is 17.4.